The Labute approximate surface area is 173 Å². The van der Waals surface area contributed by atoms with Crippen LogP contribution in [-0.4, -0.2) is 43.2 Å². The van der Waals surface area contributed by atoms with Crippen LogP contribution >= 0.6 is 7.82 Å². The highest BCUT2D eigenvalue weighted by molar-refractivity contribution is 7.44. The van der Waals surface area contributed by atoms with Gasteiger partial charge in [0.1, 0.15) is 12.6 Å². The SMILES string of the molecule is CCCCCC/C=C\CCCCC/C=C\CCC(C[N+](C)(C)C)OP(=O)([O-])O. The zero-order valence-corrected chi connectivity index (χ0v) is 19.5. The van der Waals surface area contributed by atoms with E-state index in [1.54, 1.807) is 0 Å². The number of likely N-dealkylation sites (N-methyl/N-ethyl adjacent to an activating group) is 1. The molecule has 0 heterocycles. The highest BCUT2D eigenvalue weighted by atomic mass is 31.2. The lowest BCUT2D eigenvalue weighted by Crippen LogP contribution is -2.42. The van der Waals surface area contributed by atoms with Gasteiger partial charge in [0.15, 0.2) is 0 Å². The normalized spacial score (nSPS) is 16.1. The molecule has 2 atom stereocenters. The van der Waals surface area contributed by atoms with Gasteiger partial charge in [-0.25, -0.2) is 0 Å². The summed E-state index contributed by atoms with van der Waals surface area (Å²) in [6, 6.07) is 0. The Balaban J connectivity index is 3.76. The van der Waals surface area contributed by atoms with Gasteiger partial charge >= 0.3 is 0 Å². The zero-order valence-electron chi connectivity index (χ0n) is 18.6. The third-order valence-corrected chi connectivity index (χ3v) is 5.05. The molecule has 0 aromatic heterocycles. The first kappa shape index (κ1) is 27.5. The molecule has 28 heavy (non-hydrogen) atoms. The molecule has 6 heteroatoms. The second kappa shape index (κ2) is 16.4. The lowest BCUT2D eigenvalue weighted by atomic mass is 10.1. The summed E-state index contributed by atoms with van der Waals surface area (Å²) in [5, 5.41) is 0. The van der Waals surface area contributed by atoms with Gasteiger partial charge in [-0.3, -0.25) is 4.57 Å². The van der Waals surface area contributed by atoms with Crippen LogP contribution in [0, 0.1) is 0 Å². The summed E-state index contributed by atoms with van der Waals surface area (Å²) in [7, 11) is 1.23. The molecule has 0 aliphatic heterocycles. The number of phosphoric acid groups is 1. The van der Waals surface area contributed by atoms with Crippen LogP contribution in [0.15, 0.2) is 24.3 Å². The molecule has 0 saturated carbocycles. The third kappa shape index (κ3) is 21.8. The zero-order chi connectivity index (χ0) is 21.3. The average molecular weight is 418 g/mol. The molecule has 0 aliphatic rings. The van der Waals surface area contributed by atoms with Crippen molar-refractivity contribution in [1.82, 2.24) is 0 Å². The second-order valence-corrected chi connectivity index (χ2v) is 9.82. The molecule has 0 fully saturated rings. The number of rotatable bonds is 18. The van der Waals surface area contributed by atoms with Gasteiger partial charge in [-0.05, 0) is 51.4 Å². The van der Waals surface area contributed by atoms with Crippen molar-refractivity contribution in [2.45, 2.75) is 90.1 Å². The van der Waals surface area contributed by atoms with Gasteiger partial charge in [-0.2, -0.15) is 0 Å². The Morgan fingerprint density at radius 2 is 1.36 bits per heavy atom. The molecule has 0 spiro atoms. The molecule has 0 amide bonds. The van der Waals surface area contributed by atoms with Gasteiger partial charge in [0.25, 0.3) is 7.82 Å². The molecular weight excluding hydrogens is 373 g/mol. The van der Waals surface area contributed by atoms with E-state index in [1.165, 1.54) is 57.8 Å². The standard InChI is InChI=1S/C22H44NO4P/c1-5-6-7-8-9-10-11-12-13-14-15-16-17-18-19-20-22(21-23(2,3)4)27-28(24,25)26/h10-11,17-18,22H,5-9,12-16,19-21H2,1-4H3,(H-,24,25,26)/b11-10-,18-17-. The van der Waals surface area contributed by atoms with Gasteiger partial charge in [0.05, 0.1) is 21.1 Å². The van der Waals surface area contributed by atoms with E-state index in [0.29, 0.717) is 17.4 Å². The van der Waals surface area contributed by atoms with Gasteiger partial charge < -0.3 is 18.8 Å². The number of phosphoric ester groups is 1. The molecule has 166 valence electrons. The van der Waals surface area contributed by atoms with E-state index in [0.717, 1.165) is 12.8 Å². The lowest BCUT2D eigenvalue weighted by molar-refractivity contribution is -0.873. The minimum absolute atomic E-state index is 0.494. The monoisotopic (exact) mass is 417 g/mol. The number of quaternary nitrogens is 1. The topological polar surface area (TPSA) is 69.6 Å². The minimum Gasteiger partial charge on any atom is -0.756 e. The number of allylic oxidation sites excluding steroid dienone is 4. The molecule has 1 N–H and O–H groups in total. The molecular formula is C22H44NO4P. The fourth-order valence-electron chi connectivity index (χ4n) is 3.12. The van der Waals surface area contributed by atoms with E-state index < -0.39 is 13.9 Å². The van der Waals surface area contributed by atoms with Crippen LogP contribution < -0.4 is 4.89 Å². The first-order valence-corrected chi connectivity index (χ1v) is 12.5. The van der Waals surface area contributed by atoms with E-state index in [2.05, 4.69) is 31.2 Å². The third-order valence-electron chi connectivity index (χ3n) is 4.49. The number of nitrogens with zero attached hydrogens (tertiary/aromatic N) is 1. The number of unbranched alkanes of at least 4 members (excludes halogenated alkanes) is 8. The van der Waals surface area contributed by atoms with E-state index in [-0.39, 0.29) is 0 Å². The predicted molar refractivity (Wildman–Crippen MR) is 117 cm³/mol. The highest BCUT2D eigenvalue weighted by Crippen LogP contribution is 2.34. The fourth-order valence-corrected chi connectivity index (χ4v) is 3.67. The maximum absolute atomic E-state index is 11.0. The molecule has 5 nitrogen and oxygen atoms in total. The number of hydrogen-bond donors (Lipinski definition) is 1. The average Bonchev–Trinajstić information content (AvgIpc) is 2.55. The van der Waals surface area contributed by atoms with Crippen LogP contribution in [0.1, 0.15) is 84.0 Å². The number of hydrogen-bond acceptors (Lipinski definition) is 3. The summed E-state index contributed by atoms with van der Waals surface area (Å²) in [5.41, 5.74) is 0. The van der Waals surface area contributed by atoms with Crippen molar-refractivity contribution in [2.75, 3.05) is 27.7 Å². The minimum atomic E-state index is -4.69. The summed E-state index contributed by atoms with van der Waals surface area (Å²) in [4.78, 5) is 20.0. The van der Waals surface area contributed by atoms with Crippen LogP contribution in [0.2, 0.25) is 0 Å². The first-order chi connectivity index (χ1) is 13.1. The van der Waals surface area contributed by atoms with E-state index in [9.17, 15) is 9.46 Å². The molecule has 0 saturated heterocycles. The van der Waals surface area contributed by atoms with Crippen molar-refractivity contribution in [3.05, 3.63) is 24.3 Å². The quantitative estimate of drug-likeness (QED) is 0.141. The molecule has 0 aromatic carbocycles. The fraction of sp³-hybridized carbons (Fsp3) is 0.818. The highest BCUT2D eigenvalue weighted by Gasteiger charge is 2.21. The Morgan fingerprint density at radius 3 is 1.79 bits per heavy atom. The van der Waals surface area contributed by atoms with Crippen molar-refractivity contribution >= 4 is 7.82 Å². The van der Waals surface area contributed by atoms with Crippen LogP contribution in [-0.2, 0) is 9.09 Å². The summed E-state index contributed by atoms with van der Waals surface area (Å²) < 4.78 is 16.4. The van der Waals surface area contributed by atoms with Crippen molar-refractivity contribution in [2.24, 2.45) is 0 Å². The molecule has 0 aliphatic carbocycles. The van der Waals surface area contributed by atoms with Gasteiger partial charge in [0.2, 0.25) is 0 Å². The summed E-state index contributed by atoms with van der Waals surface area (Å²) in [6.07, 6.45) is 22.2. The van der Waals surface area contributed by atoms with Crippen molar-refractivity contribution in [3.63, 3.8) is 0 Å². The largest absolute Gasteiger partial charge is 0.756 e. The molecule has 0 bridgehead atoms. The second-order valence-electron chi connectivity index (χ2n) is 8.68. The lowest BCUT2D eigenvalue weighted by Gasteiger charge is -2.31. The summed E-state index contributed by atoms with van der Waals surface area (Å²) >= 11 is 0. The Bertz CT molecular complexity index is 466. The van der Waals surface area contributed by atoms with Gasteiger partial charge in [-0.15, -0.1) is 0 Å². The smallest absolute Gasteiger partial charge is 0.265 e. The van der Waals surface area contributed by atoms with Crippen LogP contribution in [0.3, 0.4) is 0 Å². The summed E-state index contributed by atoms with van der Waals surface area (Å²) in [5.74, 6) is 0. The van der Waals surface area contributed by atoms with E-state index in [4.69, 9.17) is 9.42 Å². The Hall–Kier alpha value is -0.450. The van der Waals surface area contributed by atoms with E-state index >= 15 is 0 Å². The first-order valence-electron chi connectivity index (χ1n) is 11.0. The predicted octanol–water partition coefficient (Wildman–Crippen LogP) is 5.35. The Morgan fingerprint density at radius 1 is 0.893 bits per heavy atom. The van der Waals surface area contributed by atoms with Gasteiger partial charge in [0, 0.05) is 0 Å². The molecule has 0 aromatic rings. The maximum atomic E-state index is 11.0. The molecule has 2 unspecified atom stereocenters. The van der Waals surface area contributed by atoms with Crippen molar-refractivity contribution in [1.29, 1.82) is 0 Å². The van der Waals surface area contributed by atoms with Crippen LogP contribution in [0.5, 0.6) is 0 Å². The van der Waals surface area contributed by atoms with E-state index in [1.807, 2.05) is 21.1 Å². The molecule has 0 rings (SSSR count). The van der Waals surface area contributed by atoms with Crippen molar-refractivity contribution < 1.29 is 23.4 Å². The molecule has 0 radical (unpaired) electrons. The van der Waals surface area contributed by atoms with Crippen LogP contribution in [0.4, 0.5) is 0 Å². The maximum Gasteiger partial charge on any atom is 0.265 e. The van der Waals surface area contributed by atoms with Crippen LogP contribution in [0.25, 0.3) is 0 Å². The Kier molecular flexibility index (Phi) is 16.1. The van der Waals surface area contributed by atoms with Crippen molar-refractivity contribution in [3.8, 4) is 0 Å². The summed E-state index contributed by atoms with van der Waals surface area (Å²) in [6.45, 7) is 2.78. The van der Waals surface area contributed by atoms with Gasteiger partial charge in [-0.1, -0.05) is 56.9 Å².